The number of nitrogens with zero attached hydrogens (tertiary/aromatic N) is 4. The predicted molar refractivity (Wildman–Crippen MR) is 214 cm³/mol. The molecule has 0 unspecified atom stereocenters. The first-order valence-corrected chi connectivity index (χ1v) is 18.0. The van der Waals surface area contributed by atoms with E-state index in [2.05, 4.69) is 132 Å². The number of hydrogen-bond acceptors (Lipinski definition) is 3. The molecule has 0 saturated carbocycles. The maximum Gasteiger partial charge on any atom is 0.238 e. The quantitative estimate of drug-likeness (QED) is 0.176. The van der Waals surface area contributed by atoms with Crippen LogP contribution in [0.15, 0.2) is 164 Å². The first kappa shape index (κ1) is 29.2. The Labute approximate surface area is 302 Å². The third-order valence-corrected chi connectivity index (χ3v) is 11.0. The van der Waals surface area contributed by atoms with E-state index in [1.54, 1.807) is 0 Å². The van der Waals surface area contributed by atoms with Gasteiger partial charge in [-0.1, -0.05) is 145 Å². The van der Waals surface area contributed by atoms with E-state index in [0.717, 1.165) is 34.8 Å². The summed E-state index contributed by atoms with van der Waals surface area (Å²) >= 11 is 0. The zero-order chi connectivity index (χ0) is 34.2. The number of fused-ring (bicyclic) bond motifs is 7. The van der Waals surface area contributed by atoms with E-state index >= 15 is 0 Å². The molecule has 0 bridgehead atoms. The van der Waals surface area contributed by atoms with Crippen LogP contribution >= 0.6 is 0 Å². The van der Waals surface area contributed by atoms with Crippen molar-refractivity contribution in [2.75, 3.05) is 0 Å². The van der Waals surface area contributed by atoms with Gasteiger partial charge in [0.25, 0.3) is 0 Å². The normalized spacial score (nSPS) is 12.8. The van der Waals surface area contributed by atoms with Crippen LogP contribution in [0.5, 0.6) is 0 Å². The van der Waals surface area contributed by atoms with Gasteiger partial charge in [0.05, 0.1) is 11.0 Å². The monoisotopic (exact) mass is 662 g/mol. The molecule has 0 fully saturated rings. The standard InChI is InChI=1S/C47H31BN4/c1-3-12-30(13-4-1)45-49-46(31-14-5-2-6-15-31)51-47(50-45)52-42-21-10-9-18-37(42)41-27-33(24-25-43(41)52)32-22-23-35-29-48-28-34-16-7-8-17-36(34)38-19-11-20-39(44(38)48)40(35)26-32/h1-27H,28-29H2. The lowest BCUT2D eigenvalue weighted by Crippen LogP contribution is -2.43. The molecule has 0 radical (unpaired) electrons. The van der Waals surface area contributed by atoms with E-state index in [4.69, 9.17) is 15.0 Å². The van der Waals surface area contributed by atoms with Crippen LogP contribution in [0.1, 0.15) is 11.1 Å². The lowest BCUT2D eigenvalue weighted by atomic mass is 9.33. The van der Waals surface area contributed by atoms with Crippen LogP contribution in [0.25, 0.3) is 83.9 Å². The second-order valence-electron chi connectivity index (χ2n) is 14.0. The second-order valence-corrected chi connectivity index (χ2v) is 14.0. The fraction of sp³-hybridized carbons (Fsp3) is 0.0426. The molecule has 4 nitrogen and oxygen atoms in total. The van der Waals surface area contributed by atoms with Crippen molar-refractivity contribution in [2.45, 2.75) is 12.6 Å². The minimum Gasteiger partial charge on any atom is -0.278 e. The van der Waals surface area contributed by atoms with E-state index in [-0.39, 0.29) is 0 Å². The number of hydrogen-bond donors (Lipinski definition) is 0. The van der Waals surface area contributed by atoms with Gasteiger partial charge in [0.1, 0.15) is 0 Å². The minimum atomic E-state index is 0.516. The summed E-state index contributed by atoms with van der Waals surface area (Å²) in [4.78, 5) is 15.1. The molecule has 2 aliphatic rings. The van der Waals surface area contributed by atoms with Crippen molar-refractivity contribution >= 4 is 34.0 Å². The molecule has 0 amide bonds. The van der Waals surface area contributed by atoms with Crippen LogP contribution in [-0.2, 0) is 12.6 Å². The lowest BCUT2D eigenvalue weighted by Gasteiger charge is -2.33. The molecule has 9 aromatic rings. The largest absolute Gasteiger partial charge is 0.278 e. The van der Waals surface area contributed by atoms with Gasteiger partial charge in [-0.15, -0.1) is 0 Å². The average Bonchev–Trinajstić information content (AvgIpc) is 3.55. The molecule has 0 saturated heterocycles. The Morgan fingerprint density at radius 2 is 0.981 bits per heavy atom. The maximum absolute atomic E-state index is 5.10. The molecule has 52 heavy (non-hydrogen) atoms. The van der Waals surface area contributed by atoms with Crippen molar-refractivity contribution in [3.8, 4) is 62.1 Å². The van der Waals surface area contributed by atoms with Crippen LogP contribution in [-0.4, -0.2) is 26.2 Å². The predicted octanol–water partition coefficient (Wildman–Crippen LogP) is 10.2. The summed E-state index contributed by atoms with van der Waals surface area (Å²) in [6.45, 7) is 0.516. The van der Waals surface area contributed by atoms with Crippen molar-refractivity contribution in [3.63, 3.8) is 0 Å². The molecule has 11 rings (SSSR count). The highest BCUT2D eigenvalue weighted by Crippen LogP contribution is 2.40. The van der Waals surface area contributed by atoms with E-state index in [0.29, 0.717) is 24.3 Å². The van der Waals surface area contributed by atoms with Crippen molar-refractivity contribution in [1.82, 2.24) is 19.5 Å². The third-order valence-electron chi connectivity index (χ3n) is 11.0. The number of para-hydroxylation sites is 1. The van der Waals surface area contributed by atoms with Crippen LogP contribution in [0, 0.1) is 0 Å². The molecule has 0 aliphatic carbocycles. The van der Waals surface area contributed by atoms with Gasteiger partial charge in [-0.2, -0.15) is 9.97 Å². The zero-order valence-corrected chi connectivity index (χ0v) is 28.4. The SMILES string of the molecule is c1ccc(-c2nc(-c3ccccc3)nc(-n3c4ccccc4c4cc(-c5ccc6c(c5)-c5cccc7c5B(Cc5ccccc5-7)C6)ccc43)n2)cc1. The Morgan fingerprint density at radius 3 is 1.75 bits per heavy atom. The first-order chi connectivity index (χ1) is 25.8. The number of rotatable bonds is 4. The molecule has 5 heteroatoms. The summed E-state index contributed by atoms with van der Waals surface area (Å²) in [6, 6.07) is 58.7. The fourth-order valence-electron chi connectivity index (χ4n) is 8.69. The van der Waals surface area contributed by atoms with Crippen LogP contribution in [0.4, 0.5) is 0 Å². The summed E-state index contributed by atoms with van der Waals surface area (Å²) in [5.41, 5.74) is 16.4. The second kappa shape index (κ2) is 11.5. The molecule has 0 spiro atoms. The van der Waals surface area contributed by atoms with Gasteiger partial charge in [-0.3, -0.25) is 4.57 Å². The molecule has 0 N–H and O–H groups in total. The molecule has 0 atom stereocenters. The Balaban J connectivity index is 1.07. The van der Waals surface area contributed by atoms with E-state index in [1.807, 2.05) is 36.4 Å². The number of aromatic nitrogens is 4. The average molecular weight is 663 g/mol. The van der Waals surface area contributed by atoms with E-state index in [9.17, 15) is 0 Å². The highest BCUT2D eigenvalue weighted by molar-refractivity contribution is 6.76. The molecule has 242 valence electrons. The van der Waals surface area contributed by atoms with Gasteiger partial charge in [0.15, 0.2) is 18.4 Å². The van der Waals surface area contributed by atoms with E-state index < -0.39 is 0 Å². The van der Waals surface area contributed by atoms with Crippen molar-refractivity contribution < 1.29 is 0 Å². The highest BCUT2D eigenvalue weighted by Gasteiger charge is 2.34. The summed E-state index contributed by atoms with van der Waals surface area (Å²) in [5, 5.41) is 2.33. The smallest absolute Gasteiger partial charge is 0.238 e. The zero-order valence-electron chi connectivity index (χ0n) is 28.4. The van der Waals surface area contributed by atoms with Gasteiger partial charge in [-0.05, 0) is 81.4 Å². The summed E-state index contributed by atoms with van der Waals surface area (Å²) in [7, 11) is 0. The van der Waals surface area contributed by atoms with Crippen LogP contribution in [0.2, 0.25) is 0 Å². The molecular formula is C47H31BN4. The van der Waals surface area contributed by atoms with E-state index in [1.165, 1.54) is 60.7 Å². The molecule has 4 heterocycles. The summed E-state index contributed by atoms with van der Waals surface area (Å²) in [6.07, 6.45) is 2.17. The van der Waals surface area contributed by atoms with Gasteiger partial charge in [0.2, 0.25) is 5.95 Å². The molecular weight excluding hydrogens is 631 g/mol. The Morgan fingerprint density at radius 1 is 0.404 bits per heavy atom. The van der Waals surface area contributed by atoms with Crippen LogP contribution in [0.3, 0.4) is 0 Å². The molecule has 2 aromatic heterocycles. The minimum absolute atomic E-state index is 0.516. The fourth-order valence-corrected chi connectivity index (χ4v) is 8.69. The van der Waals surface area contributed by atoms with Crippen molar-refractivity contribution in [1.29, 1.82) is 0 Å². The first-order valence-electron chi connectivity index (χ1n) is 18.0. The van der Waals surface area contributed by atoms with Crippen molar-refractivity contribution in [2.24, 2.45) is 0 Å². The van der Waals surface area contributed by atoms with Gasteiger partial charge >= 0.3 is 0 Å². The van der Waals surface area contributed by atoms with Gasteiger partial charge < -0.3 is 0 Å². The molecule has 7 aromatic carbocycles. The Hall–Kier alpha value is -6.59. The number of benzene rings is 7. The maximum atomic E-state index is 5.10. The summed E-state index contributed by atoms with van der Waals surface area (Å²) < 4.78 is 2.19. The van der Waals surface area contributed by atoms with Gasteiger partial charge in [-0.25, -0.2) is 4.98 Å². The topological polar surface area (TPSA) is 43.6 Å². The molecule has 2 aliphatic heterocycles. The highest BCUT2D eigenvalue weighted by atomic mass is 15.2. The van der Waals surface area contributed by atoms with Crippen molar-refractivity contribution in [3.05, 3.63) is 175 Å². The Kier molecular flexibility index (Phi) is 6.44. The van der Waals surface area contributed by atoms with Crippen LogP contribution < -0.4 is 5.46 Å². The van der Waals surface area contributed by atoms with Gasteiger partial charge in [0, 0.05) is 21.9 Å². The Bertz CT molecular complexity index is 2800. The summed E-state index contributed by atoms with van der Waals surface area (Å²) in [5.74, 6) is 1.90. The third kappa shape index (κ3) is 4.52. The lowest BCUT2D eigenvalue weighted by molar-refractivity contribution is 0.953.